The van der Waals surface area contributed by atoms with Gasteiger partial charge in [0.1, 0.15) is 5.82 Å². The predicted molar refractivity (Wildman–Crippen MR) is 77.4 cm³/mol. The molecule has 1 aromatic carbocycles. The first kappa shape index (κ1) is 15.3. The highest BCUT2D eigenvalue weighted by atomic mass is 32.2. The first-order chi connectivity index (χ1) is 9.34. The van der Waals surface area contributed by atoms with Crippen LogP contribution in [0.4, 0.5) is 10.1 Å². The monoisotopic (exact) mass is 300 g/mol. The molecule has 1 aromatic rings. The summed E-state index contributed by atoms with van der Waals surface area (Å²) in [6, 6.07) is 2.58. The van der Waals surface area contributed by atoms with Crippen LogP contribution in [0.2, 0.25) is 0 Å². The van der Waals surface area contributed by atoms with Crippen molar-refractivity contribution in [3.63, 3.8) is 0 Å². The van der Waals surface area contributed by atoms with Crippen LogP contribution in [0.5, 0.6) is 0 Å². The largest absolute Gasteiger partial charge is 0.396 e. The van der Waals surface area contributed by atoms with Crippen molar-refractivity contribution in [1.82, 2.24) is 4.31 Å². The molecule has 1 fully saturated rings. The zero-order chi connectivity index (χ0) is 14.9. The van der Waals surface area contributed by atoms with Gasteiger partial charge in [-0.3, -0.25) is 0 Å². The summed E-state index contributed by atoms with van der Waals surface area (Å²) in [5, 5.41) is 0. The van der Waals surface area contributed by atoms with Crippen molar-refractivity contribution in [2.75, 3.05) is 12.8 Å². The highest BCUT2D eigenvalue weighted by Crippen LogP contribution is 2.28. The van der Waals surface area contributed by atoms with Crippen LogP contribution in [0.25, 0.3) is 0 Å². The van der Waals surface area contributed by atoms with E-state index in [9.17, 15) is 12.8 Å². The lowest BCUT2D eigenvalue weighted by Crippen LogP contribution is -2.38. The van der Waals surface area contributed by atoms with Crippen molar-refractivity contribution in [1.29, 1.82) is 0 Å². The second-order valence-corrected chi connectivity index (χ2v) is 7.45. The maximum Gasteiger partial charge on any atom is 0.243 e. The summed E-state index contributed by atoms with van der Waals surface area (Å²) in [6.45, 7) is 1.52. The zero-order valence-corrected chi connectivity index (χ0v) is 12.7. The summed E-state index contributed by atoms with van der Waals surface area (Å²) in [5.74, 6) is -0.552. The molecule has 20 heavy (non-hydrogen) atoms. The van der Waals surface area contributed by atoms with Gasteiger partial charge in [0.2, 0.25) is 10.0 Å². The van der Waals surface area contributed by atoms with Gasteiger partial charge in [0.25, 0.3) is 0 Å². The highest BCUT2D eigenvalue weighted by Gasteiger charge is 2.29. The van der Waals surface area contributed by atoms with E-state index in [1.54, 1.807) is 7.05 Å². The van der Waals surface area contributed by atoms with E-state index in [0.29, 0.717) is 0 Å². The van der Waals surface area contributed by atoms with Crippen LogP contribution in [0.3, 0.4) is 0 Å². The summed E-state index contributed by atoms with van der Waals surface area (Å²) < 4.78 is 40.1. The average molecular weight is 300 g/mol. The van der Waals surface area contributed by atoms with Crippen molar-refractivity contribution in [2.24, 2.45) is 0 Å². The number of anilines is 1. The number of hydrogen-bond donors (Lipinski definition) is 1. The molecule has 6 heteroatoms. The van der Waals surface area contributed by atoms with E-state index < -0.39 is 15.8 Å². The molecule has 0 radical (unpaired) electrons. The van der Waals surface area contributed by atoms with Crippen molar-refractivity contribution in [3.05, 3.63) is 23.5 Å². The molecule has 1 saturated carbocycles. The normalized spacial score (nSPS) is 17.6. The third-order valence-corrected chi connectivity index (χ3v) is 5.91. The molecule has 1 aliphatic carbocycles. The lowest BCUT2D eigenvalue weighted by atomic mass is 9.96. The Labute approximate surface area is 119 Å². The Balaban J connectivity index is 2.34. The molecule has 0 unspecified atom stereocenters. The fourth-order valence-electron chi connectivity index (χ4n) is 2.72. The molecule has 0 heterocycles. The lowest BCUT2D eigenvalue weighted by Gasteiger charge is -2.30. The zero-order valence-electron chi connectivity index (χ0n) is 11.9. The summed E-state index contributed by atoms with van der Waals surface area (Å²) in [7, 11) is -2.02. The Bertz CT molecular complexity index is 572. The maximum absolute atomic E-state index is 13.5. The van der Waals surface area contributed by atoms with Gasteiger partial charge in [0.05, 0.1) is 10.6 Å². The molecule has 2 rings (SSSR count). The Hall–Kier alpha value is -1.14. The van der Waals surface area contributed by atoms with Crippen LogP contribution >= 0.6 is 0 Å². The van der Waals surface area contributed by atoms with Gasteiger partial charge in [0, 0.05) is 13.1 Å². The molecule has 2 N–H and O–H groups in total. The molecule has 4 nitrogen and oxygen atoms in total. The number of rotatable bonds is 3. The lowest BCUT2D eigenvalue weighted by molar-refractivity contribution is 0.286. The van der Waals surface area contributed by atoms with Crippen molar-refractivity contribution >= 4 is 15.7 Å². The molecule has 0 aromatic heterocycles. The van der Waals surface area contributed by atoms with E-state index in [1.807, 2.05) is 0 Å². The van der Waals surface area contributed by atoms with Gasteiger partial charge in [0.15, 0.2) is 0 Å². The minimum Gasteiger partial charge on any atom is -0.396 e. The number of nitrogens with two attached hydrogens (primary N) is 1. The summed E-state index contributed by atoms with van der Waals surface area (Å²) in [6.07, 6.45) is 5.02. The van der Waals surface area contributed by atoms with E-state index in [1.165, 1.54) is 23.4 Å². The van der Waals surface area contributed by atoms with Gasteiger partial charge < -0.3 is 5.73 Å². The predicted octanol–water partition coefficient (Wildman–Crippen LogP) is 2.67. The number of benzene rings is 1. The van der Waals surface area contributed by atoms with Gasteiger partial charge in [-0.25, -0.2) is 12.8 Å². The van der Waals surface area contributed by atoms with Gasteiger partial charge in [-0.2, -0.15) is 4.31 Å². The highest BCUT2D eigenvalue weighted by molar-refractivity contribution is 7.89. The number of nitrogens with zero attached hydrogens (tertiary/aromatic N) is 1. The summed E-state index contributed by atoms with van der Waals surface area (Å²) >= 11 is 0. The summed E-state index contributed by atoms with van der Waals surface area (Å²) in [4.78, 5) is 0.0713. The van der Waals surface area contributed by atoms with Gasteiger partial charge in [-0.05, 0) is 37.5 Å². The van der Waals surface area contributed by atoms with Crippen molar-refractivity contribution in [2.45, 2.75) is 50.0 Å². The van der Waals surface area contributed by atoms with E-state index in [2.05, 4.69) is 0 Å². The number of halogens is 1. The maximum atomic E-state index is 13.5. The minimum atomic E-state index is -3.61. The Morgan fingerprint density at radius 2 is 1.85 bits per heavy atom. The number of sulfonamides is 1. The minimum absolute atomic E-state index is 0.0281. The SMILES string of the molecule is Cc1cc(S(=O)(=O)N(C)C2CCCCC2)cc(N)c1F. The number of hydrogen-bond acceptors (Lipinski definition) is 3. The van der Waals surface area contributed by atoms with Crippen LogP contribution in [0.1, 0.15) is 37.7 Å². The van der Waals surface area contributed by atoms with Crippen LogP contribution in [-0.2, 0) is 10.0 Å². The molecule has 0 amide bonds. The Morgan fingerprint density at radius 1 is 1.25 bits per heavy atom. The molecule has 112 valence electrons. The van der Waals surface area contributed by atoms with Crippen LogP contribution in [0, 0.1) is 12.7 Å². The van der Waals surface area contributed by atoms with Gasteiger partial charge in [-0.15, -0.1) is 0 Å². The molecule has 1 aliphatic rings. The van der Waals surface area contributed by atoms with Crippen LogP contribution in [-0.4, -0.2) is 25.8 Å². The first-order valence-electron chi connectivity index (χ1n) is 6.87. The average Bonchev–Trinajstić information content (AvgIpc) is 2.44. The van der Waals surface area contributed by atoms with E-state index >= 15 is 0 Å². The van der Waals surface area contributed by atoms with Crippen LogP contribution < -0.4 is 5.73 Å². The molecular formula is C14H21FN2O2S. The standard InChI is InChI=1S/C14H21FN2O2S/c1-10-8-12(9-13(16)14(10)15)20(18,19)17(2)11-6-4-3-5-7-11/h8-9,11H,3-7,16H2,1-2H3. The third-order valence-electron chi connectivity index (χ3n) is 4.02. The Kier molecular flexibility index (Phi) is 4.34. The van der Waals surface area contributed by atoms with E-state index in [0.717, 1.165) is 32.1 Å². The fraction of sp³-hybridized carbons (Fsp3) is 0.571. The molecular weight excluding hydrogens is 279 g/mol. The molecule has 0 spiro atoms. The topological polar surface area (TPSA) is 63.4 Å². The molecule has 0 bridgehead atoms. The first-order valence-corrected chi connectivity index (χ1v) is 8.31. The van der Waals surface area contributed by atoms with E-state index in [-0.39, 0.29) is 22.2 Å². The quantitative estimate of drug-likeness (QED) is 0.873. The number of nitrogen functional groups attached to an aromatic ring is 1. The third kappa shape index (κ3) is 2.81. The molecule has 0 atom stereocenters. The summed E-state index contributed by atoms with van der Waals surface area (Å²) in [5.41, 5.74) is 5.66. The fourth-order valence-corrected chi connectivity index (χ4v) is 4.26. The van der Waals surface area contributed by atoms with Crippen LogP contribution in [0.15, 0.2) is 17.0 Å². The molecule has 0 saturated heterocycles. The van der Waals surface area contributed by atoms with Gasteiger partial charge >= 0.3 is 0 Å². The smallest absolute Gasteiger partial charge is 0.243 e. The van der Waals surface area contributed by atoms with Crippen molar-refractivity contribution in [3.8, 4) is 0 Å². The Morgan fingerprint density at radius 3 is 2.40 bits per heavy atom. The molecule has 0 aliphatic heterocycles. The van der Waals surface area contributed by atoms with E-state index in [4.69, 9.17) is 5.73 Å². The second kappa shape index (κ2) is 5.69. The number of aryl methyl sites for hydroxylation is 1. The van der Waals surface area contributed by atoms with Crippen molar-refractivity contribution < 1.29 is 12.8 Å². The van der Waals surface area contributed by atoms with Gasteiger partial charge in [-0.1, -0.05) is 19.3 Å². The second-order valence-electron chi connectivity index (χ2n) is 5.46.